The SMILES string of the molecule is C#CCO[C@H]1C[C@H](n2cc(C(F)(F)F)c(=O)[nH]c2=O)O[C@@H]1COC(=S)c1ccc(Cl)c(Cl)c1Cl. The number of aromatic amines is 1. The van der Waals surface area contributed by atoms with E-state index < -0.39 is 41.4 Å². The van der Waals surface area contributed by atoms with Crippen molar-refractivity contribution in [2.24, 2.45) is 0 Å². The van der Waals surface area contributed by atoms with Gasteiger partial charge in [0.1, 0.15) is 31.1 Å². The van der Waals surface area contributed by atoms with Gasteiger partial charge in [-0.1, -0.05) is 40.7 Å². The molecule has 14 heteroatoms. The van der Waals surface area contributed by atoms with Crippen LogP contribution in [-0.2, 0) is 20.4 Å². The molecule has 1 N–H and O–H groups in total. The van der Waals surface area contributed by atoms with Gasteiger partial charge in [0.2, 0.25) is 0 Å². The van der Waals surface area contributed by atoms with Crippen molar-refractivity contribution < 1.29 is 27.4 Å². The second-order valence-electron chi connectivity index (χ2n) is 6.95. The quantitative estimate of drug-likeness (QED) is 0.326. The zero-order valence-corrected chi connectivity index (χ0v) is 19.9. The molecule has 1 fully saturated rings. The highest BCUT2D eigenvalue weighted by Gasteiger charge is 2.40. The summed E-state index contributed by atoms with van der Waals surface area (Å²) in [6.45, 7) is -0.347. The third kappa shape index (κ3) is 5.76. The van der Waals surface area contributed by atoms with Gasteiger partial charge in [0.05, 0.1) is 21.2 Å². The molecule has 2 aromatic rings. The maximum Gasteiger partial charge on any atom is 0.423 e. The van der Waals surface area contributed by atoms with Crippen molar-refractivity contribution in [3.05, 3.63) is 65.4 Å². The topological polar surface area (TPSA) is 82.6 Å². The number of H-pyrrole nitrogens is 1. The van der Waals surface area contributed by atoms with Gasteiger partial charge in [0.15, 0.2) is 5.05 Å². The number of aromatic nitrogens is 2. The highest BCUT2D eigenvalue weighted by atomic mass is 35.5. The van der Waals surface area contributed by atoms with Gasteiger partial charge in [-0.2, -0.15) is 13.2 Å². The summed E-state index contributed by atoms with van der Waals surface area (Å²) in [7, 11) is 0. The van der Waals surface area contributed by atoms with E-state index in [-0.39, 0.29) is 45.3 Å². The summed E-state index contributed by atoms with van der Waals surface area (Å²) in [6.07, 6.45) is -2.27. The average Bonchev–Trinajstić information content (AvgIpc) is 3.16. The molecule has 3 atom stereocenters. The van der Waals surface area contributed by atoms with E-state index in [0.29, 0.717) is 10.8 Å². The van der Waals surface area contributed by atoms with Crippen molar-refractivity contribution in [1.82, 2.24) is 9.55 Å². The van der Waals surface area contributed by atoms with Gasteiger partial charge in [0.25, 0.3) is 5.56 Å². The van der Waals surface area contributed by atoms with Crippen LogP contribution in [0.25, 0.3) is 0 Å². The summed E-state index contributed by atoms with van der Waals surface area (Å²) in [5, 5.41) is 0.320. The fourth-order valence-electron chi connectivity index (χ4n) is 3.17. The second-order valence-corrected chi connectivity index (χ2v) is 8.48. The number of benzene rings is 1. The smallest absolute Gasteiger partial charge is 0.423 e. The molecule has 1 aromatic carbocycles. The maximum atomic E-state index is 13.1. The summed E-state index contributed by atoms with van der Waals surface area (Å²) >= 11 is 23.3. The first-order chi connectivity index (χ1) is 15.9. The standard InChI is InChI=1S/C20H14Cl3F3N2O5S/c1-2-5-31-12-6-14(28-7-10(20(24,25)26)17(29)27-19(28)30)33-13(12)8-32-18(34)9-3-4-11(21)16(23)15(9)22/h1,3-4,7,12-14H,5-6,8H2,(H,27,29,30)/t12-,13+,14+/m0/s1. The van der Waals surface area contributed by atoms with Crippen LogP contribution in [0.15, 0.2) is 27.9 Å². The van der Waals surface area contributed by atoms with Crippen LogP contribution in [0.3, 0.4) is 0 Å². The minimum Gasteiger partial charge on any atom is -0.480 e. The first kappa shape index (κ1) is 26.5. The number of halogens is 6. The Kier molecular flexibility index (Phi) is 8.34. The van der Waals surface area contributed by atoms with Crippen LogP contribution in [0.5, 0.6) is 0 Å². The molecule has 2 heterocycles. The van der Waals surface area contributed by atoms with E-state index in [9.17, 15) is 22.8 Å². The molecule has 0 radical (unpaired) electrons. The minimum atomic E-state index is -4.98. The number of terminal acetylenes is 1. The Bertz CT molecular complexity index is 1260. The van der Waals surface area contributed by atoms with E-state index in [0.717, 1.165) is 0 Å². The lowest BCUT2D eigenvalue weighted by Crippen LogP contribution is -2.36. The molecule has 7 nitrogen and oxygen atoms in total. The van der Waals surface area contributed by atoms with Crippen LogP contribution in [0.2, 0.25) is 15.1 Å². The molecule has 1 aromatic heterocycles. The first-order valence-electron chi connectivity index (χ1n) is 9.37. The number of alkyl halides is 3. The molecule has 0 saturated carbocycles. The number of nitrogens with zero attached hydrogens (tertiary/aromatic N) is 1. The third-order valence-corrected chi connectivity index (χ3v) is 6.41. The van der Waals surface area contributed by atoms with Crippen molar-refractivity contribution in [3.63, 3.8) is 0 Å². The molecule has 1 aliphatic heterocycles. The van der Waals surface area contributed by atoms with E-state index in [1.807, 2.05) is 0 Å². The van der Waals surface area contributed by atoms with Gasteiger partial charge in [0, 0.05) is 18.2 Å². The van der Waals surface area contributed by atoms with Crippen molar-refractivity contribution in [3.8, 4) is 12.3 Å². The number of thiocarbonyl (C=S) groups is 1. The van der Waals surface area contributed by atoms with Crippen LogP contribution >= 0.6 is 47.0 Å². The molecule has 0 unspecified atom stereocenters. The fraction of sp³-hybridized carbons (Fsp3) is 0.350. The average molecular weight is 558 g/mol. The maximum absolute atomic E-state index is 13.1. The van der Waals surface area contributed by atoms with Crippen molar-refractivity contribution >= 4 is 52.1 Å². The Morgan fingerprint density at radius 3 is 2.65 bits per heavy atom. The summed E-state index contributed by atoms with van der Waals surface area (Å²) in [5.74, 6) is 2.27. The summed E-state index contributed by atoms with van der Waals surface area (Å²) in [6, 6.07) is 2.98. The monoisotopic (exact) mass is 556 g/mol. The van der Waals surface area contributed by atoms with Gasteiger partial charge in [-0.25, -0.2) is 4.79 Å². The van der Waals surface area contributed by atoms with E-state index in [4.69, 9.17) is 67.7 Å². The van der Waals surface area contributed by atoms with Gasteiger partial charge < -0.3 is 14.2 Å². The van der Waals surface area contributed by atoms with Gasteiger partial charge >= 0.3 is 11.9 Å². The zero-order valence-electron chi connectivity index (χ0n) is 16.8. The second kappa shape index (κ2) is 10.7. The Morgan fingerprint density at radius 1 is 1.29 bits per heavy atom. The highest BCUT2D eigenvalue weighted by Crippen LogP contribution is 2.34. The van der Waals surface area contributed by atoms with Crippen LogP contribution in [0.1, 0.15) is 23.8 Å². The van der Waals surface area contributed by atoms with Crippen LogP contribution in [0, 0.1) is 12.3 Å². The summed E-state index contributed by atoms with van der Waals surface area (Å²) in [5.41, 5.74) is -3.91. The molecular formula is C20H14Cl3F3N2O5S. The van der Waals surface area contributed by atoms with Crippen LogP contribution in [-0.4, -0.2) is 40.0 Å². The van der Waals surface area contributed by atoms with Crippen LogP contribution < -0.4 is 11.2 Å². The van der Waals surface area contributed by atoms with Gasteiger partial charge in [-0.05, 0) is 24.4 Å². The lowest BCUT2D eigenvalue weighted by molar-refractivity contribution is -0.139. The predicted molar refractivity (Wildman–Crippen MR) is 123 cm³/mol. The largest absolute Gasteiger partial charge is 0.480 e. The van der Waals surface area contributed by atoms with Gasteiger partial charge in [-0.3, -0.25) is 14.3 Å². The van der Waals surface area contributed by atoms with Crippen molar-refractivity contribution in [1.29, 1.82) is 0 Å². The molecule has 1 aliphatic rings. The molecule has 1 saturated heterocycles. The van der Waals surface area contributed by atoms with Gasteiger partial charge in [-0.15, -0.1) is 6.42 Å². The Balaban J connectivity index is 1.82. The third-order valence-electron chi connectivity index (χ3n) is 4.78. The van der Waals surface area contributed by atoms with E-state index >= 15 is 0 Å². The molecule has 0 bridgehead atoms. The number of nitrogens with one attached hydrogen (secondary N) is 1. The zero-order chi connectivity index (χ0) is 25.2. The molecule has 0 spiro atoms. The molecular weight excluding hydrogens is 544 g/mol. The summed E-state index contributed by atoms with van der Waals surface area (Å²) < 4.78 is 56.9. The van der Waals surface area contributed by atoms with Crippen molar-refractivity contribution in [2.45, 2.75) is 31.0 Å². The number of ether oxygens (including phenoxy) is 3. The van der Waals surface area contributed by atoms with E-state index in [1.54, 1.807) is 4.98 Å². The highest BCUT2D eigenvalue weighted by molar-refractivity contribution is 7.80. The van der Waals surface area contributed by atoms with Crippen LogP contribution in [0.4, 0.5) is 13.2 Å². The number of hydrogen-bond donors (Lipinski definition) is 1. The normalized spacial score (nSPS) is 20.2. The van der Waals surface area contributed by atoms with E-state index in [1.165, 1.54) is 12.1 Å². The molecule has 0 amide bonds. The molecule has 0 aliphatic carbocycles. The molecule has 34 heavy (non-hydrogen) atoms. The minimum absolute atomic E-state index is 0.0492. The number of rotatable bonds is 6. The molecule has 3 rings (SSSR count). The predicted octanol–water partition coefficient (Wildman–Crippen LogP) is 4.21. The lowest BCUT2D eigenvalue weighted by Gasteiger charge is -2.19. The Morgan fingerprint density at radius 2 is 2.00 bits per heavy atom. The Labute approximate surface area is 210 Å². The van der Waals surface area contributed by atoms with E-state index in [2.05, 4.69) is 5.92 Å². The molecule has 182 valence electrons. The summed E-state index contributed by atoms with van der Waals surface area (Å²) in [4.78, 5) is 25.4. The fourth-order valence-corrected chi connectivity index (χ4v) is 4.09. The lowest BCUT2D eigenvalue weighted by atomic mass is 10.2. The van der Waals surface area contributed by atoms with Crippen molar-refractivity contribution in [2.75, 3.05) is 13.2 Å². The first-order valence-corrected chi connectivity index (χ1v) is 10.9. The number of hydrogen-bond acceptors (Lipinski definition) is 6. The Hall–Kier alpha value is -2.07.